The van der Waals surface area contributed by atoms with E-state index < -0.39 is 12.8 Å². The van der Waals surface area contributed by atoms with Gasteiger partial charge in [-0.15, -0.1) is 0 Å². The Labute approximate surface area is 121 Å². The van der Waals surface area contributed by atoms with Crippen LogP contribution in [0.5, 0.6) is 5.75 Å². The van der Waals surface area contributed by atoms with Crippen LogP contribution in [0.25, 0.3) is 0 Å². The van der Waals surface area contributed by atoms with Crippen molar-refractivity contribution in [2.75, 3.05) is 19.8 Å². The van der Waals surface area contributed by atoms with Gasteiger partial charge in [-0.25, -0.2) is 0 Å². The SMILES string of the molecule is CC(=NO)c1ccc(C)cc1OCCCOCC(F)(F)F. The number of rotatable bonds is 7. The van der Waals surface area contributed by atoms with Crippen molar-refractivity contribution >= 4 is 5.71 Å². The van der Waals surface area contributed by atoms with Gasteiger partial charge in [-0.2, -0.15) is 13.2 Å². The number of alkyl halides is 3. The Morgan fingerprint density at radius 3 is 2.62 bits per heavy atom. The number of oxime groups is 1. The standard InChI is InChI=1S/C14H18F3NO3/c1-10-4-5-12(11(2)18-19)13(8-10)21-7-3-6-20-9-14(15,16)17/h4-5,8,19H,3,6-7,9H2,1-2H3. The molecule has 118 valence electrons. The Balaban J connectivity index is 2.46. The van der Waals surface area contributed by atoms with Gasteiger partial charge in [0.1, 0.15) is 12.4 Å². The molecule has 1 N–H and O–H groups in total. The zero-order chi connectivity index (χ0) is 15.9. The number of aryl methyl sites for hydroxylation is 1. The zero-order valence-electron chi connectivity index (χ0n) is 11.9. The average Bonchev–Trinajstić information content (AvgIpc) is 2.41. The smallest absolute Gasteiger partial charge is 0.411 e. The molecule has 0 aliphatic carbocycles. The van der Waals surface area contributed by atoms with E-state index in [4.69, 9.17) is 9.94 Å². The van der Waals surface area contributed by atoms with Crippen molar-refractivity contribution < 1.29 is 27.9 Å². The minimum atomic E-state index is -4.31. The van der Waals surface area contributed by atoms with Crippen LogP contribution in [0.4, 0.5) is 13.2 Å². The van der Waals surface area contributed by atoms with Gasteiger partial charge in [0.2, 0.25) is 0 Å². The number of hydrogen-bond donors (Lipinski definition) is 1. The van der Waals surface area contributed by atoms with Crippen molar-refractivity contribution in [2.45, 2.75) is 26.4 Å². The summed E-state index contributed by atoms with van der Waals surface area (Å²) >= 11 is 0. The van der Waals surface area contributed by atoms with Crippen LogP contribution in [-0.4, -0.2) is 36.9 Å². The van der Waals surface area contributed by atoms with E-state index >= 15 is 0 Å². The number of hydrogen-bond acceptors (Lipinski definition) is 4. The summed E-state index contributed by atoms with van der Waals surface area (Å²) in [5, 5.41) is 11.9. The van der Waals surface area contributed by atoms with E-state index in [0.29, 0.717) is 23.4 Å². The molecule has 0 bridgehead atoms. The van der Waals surface area contributed by atoms with Gasteiger partial charge in [-0.1, -0.05) is 11.2 Å². The van der Waals surface area contributed by atoms with E-state index in [0.717, 1.165) is 5.56 Å². The van der Waals surface area contributed by atoms with Gasteiger partial charge in [-0.05, 0) is 31.5 Å². The molecule has 7 heteroatoms. The zero-order valence-corrected chi connectivity index (χ0v) is 11.9. The number of benzene rings is 1. The predicted molar refractivity (Wildman–Crippen MR) is 72.2 cm³/mol. The summed E-state index contributed by atoms with van der Waals surface area (Å²) in [7, 11) is 0. The van der Waals surface area contributed by atoms with Crippen molar-refractivity contribution in [2.24, 2.45) is 5.16 Å². The fourth-order valence-corrected chi connectivity index (χ4v) is 1.63. The predicted octanol–water partition coefficient (Wildman–Crippen LogP) is 3.54. The second-order valence-electron chi connectivity index (χ2n) is 4.55. The first-order valence-electron chi connectivity index (χ1n) is 6.40. The summed E-state index contributed by atoms with van der Waals surface area (Å²) < 4.78 is 45.6. The van der Waals surface area contributed by atoms with Crippen molar-refractivity contribution in [1.29, 1.82) is 0 Å². The lowest BCUT2D eigenvalue weighted by Crippen LogP contribution is -2.18. The first kappa shape index (κ1) is 17.3. The first-order valence-corrected chi connectivity index (χ1v) is 6.40. The lowest BCUT2D eigenvalue weighted by atomic mass is 10.1. The van der Waals surface area contributed by atoms with Crippen LogP contribution < -0.4 is 4.74 Å². The van der Waals surface area contributed by atoms with Crippen molar-refractivity contribution in [3.05, 3.63) is 29.3 Å². The minimum Gasteiger partial charge on any atom is -0.493 e. The second-order valence-corrected chi connectivity index (χ2v) is 4.55. The van der Waals surface area contributed by atoms with E-state index in [1.54, 1.807) is 19.1 Å². The molecule has 0 heterocycles. The van der Waals surface area contributed by atoms with Crippen molar-refractivity contribution in [3.8, 4) is 5.75 Å². The topological polar surface area (TPSA) is 51.1 Å². The molecule has 1 aromatic rings. The molecule has 1 rings (SSSR count). The third-order valence-corrected chi connectivity index (χ3v) is 2.63. The maximum absolute atomic E-state index is 11.9. The van der Waals surface area contributed by atoms with Crippen molar-refractivity contribution in [1.82, 2.24) is 0 Å². The Hall–Kier alpha value is -1.76. The molecule has 0 unspecified atom stereocenters. The molecule has 0 atom stereocenters. The van der Waals surface area contributed by atoms with Crippen LogP contribution in [0.15, 0.2) is 23.4 Å². The van der Waals surface area contributed by atoms with E-state index in [2.05, 4.69) is 9.89 Å². The van der Waals surface area contributed by atoms with Gasteiger partial charge in [0, 0.05) is 12.0 Å². The Morgan fingerprint density at radius 2 is 2.00 bits per heavy atom. The molecule has 0 aliphatic rings. The summed E-state index contributed by atoms with van der Waals surface area (Å²) in [6, 6.07) is 5.39. The van der Waals surface area contributed by atoms with Gasteiger partial charge in [-0.3, -0.25) is 0 Å². The van der Waals surface area contributed by atoms with Crippen LogP contribution in [0.1, 0.15) is 24.5 Å². The summed E-state index contributed by atoms with van der Waals surface area (Å²) in [5.74, 6) is 0.529. The normalized spacial score (nSPS) is 12.5. The van der Waals surface area contributed by atoms with E-state index in [1.165, 1.54) is 0 Å². The highest BCUT2D eigenvalue weighted by Gasteiger charge is 2.27. The highest BCUT2D eigenvalue weighted by Crippen LogP contribution is 2.21. The molecule has 0 saturated carbocycles. The summed E-state index contributed by atoms with van der Waals surface area (Å²) in [6.07, 6.45) is -3.97. The van der Waals surface area contributed by atoms with E-state index in [9.17, 15) is 13.2 Å². The fraction of sp³-hybridized carbons (Fsp3) is 0.500. The molecule has 0 aliphatic heterocycles. The summed E-state index contributed by atoms with van der Waals surface area (Å²) in [4.78, 5) is 0. The molecule has 1 aromatic carbocycles. The summed E-state index contributed by atoms with van der Waals surface area (Å²) in [6.45, 7) is 2.44. The Bertz CT molecular complexity index is 487. The maximum Gasteiger partial charge on any atom is 0.411 e. The Kier molecular flexibility index (Phi) is 6.48. The molecule has 0 aromatic heterocycles. The number of halogens is 3. The van der Waals surface area contributed by atoms with Crippen LogP contribution >= 0.6 is 0 Å². The van der Waals surface area contributed by atoms with Crippen LogP contribution in [0, 0.1) is 6.92 Å². The lowest BCUT2D eigenvalue weighted by molar-refractivity contribution is -0.174. The third kappa shape index (κ3) is 6.48. The van der Waals surface area contributed by atoms with Crippen molar-refractivity contribution in [3.63, 3.8) is 0 Å². The number of ether oxygens (including phenoxy) is 2. The van der Waals surface area contributed by atoms with E-state index in [1.807, 2.05) is 13.0 Å². The van der Waals surface area contributed by atoms with Crippen LogP contribution in [0.3, 0.4) is 0 Å². The molecule has 0 saturated heterocycles. The monoisotopic (exact) mass is 305 g/mol. The van der Waals surface area contributed by atoms with Gasteiger partial charge in [0.25, 0.3) is 0 Å². The van der Waals surface area contributed by atoms with Gasteiger partial charge in [0.05, 0.1) is 18.9 Å². The van der Waals surface area contributed by atoms with Crippen LogP contribution in [0.2, 0.25) is 0 Å². The largest absolute Gasteiger partial charge is 0.493 e. The fourth-order valence-electron chi connectivity index (χ4n) is 1.63. The van der Waals surface area contributed by atoms with Gasteiger partial charge >= 0.3 is 6.18 Å². The molecule has 0 spiro atoms. The number of nitrogens with zero attached hydrogens (tertiary/aromatic N) is 1. The van der Waals surface area contributed by atoms with Gasteiger partial charge in [0.15, 0.2) is 0 Å². The highest BCUT2D eigenvalue weighted by molar-refractivity contribution is 6.00. The molecule has 0 radical (unpaired) electrons. The summed E-state index contributed by atoms with van der Waals surface area (Å²) in [5.41, 5.74) is 2.01. The first-order chi connectivity index (χ1) is 9.83. The van der Waals surface area contributed by atoms with E-state index in [-0.39, 0.29) is 13.2 Å². The molecular formula is C14H18F3NO3. The molecule has 0 amide bonds. The lowest BCUT2D eigenvalue weighted by Gasteiger charge is -2.12. The average molecular weight is 305 g/mol. The minimum absolute atomic E-state index is 0.0340. The molecular weight excluding hydrogens is 287 g/mol. The van der Waals surface area contributed by atoms with Gasteiger partial charge < -0.3 is 14.7 Å². The van der Waals surface area contributed by atoms with Crippen LogP contribution in [-0.2, 0) is 4.74 Å². The second kappa shape index (κ2) is 7.87. The molecule has 21 heavy (non-hydrogen) atoms. The maximum atomic E-state index is 11.9. The Morgan fingerprint density at radius 1 is 1.29 bits per heavy atom. The molecule has 0 fully saturated rings. The highest BCUT2D eigenvalue weighted by atomic mass is 19.4. The molecule has 4 nitrogen and oxygen atoms in total. The quantitative estimate of drug-likeness (QED) is 0.363. The third-order valence-electron chi connectivity index (χ3n) is 2.63.